The van der Waals surface area contributed by atoms with Crippen molar-refractivity contribution in [3.8, 4) is 16.8 Å². The van der Waals surface area contributed by atoms with Gasteiger partial charge in [0.2, 0.25) is 0 Å². The molecule has 0 N–H and O–H groups in total. The van der Waals surface area contributed by atoms with Crippen LogP contribution in [0.25, 0.3) is 16.8 Å². The lowest BCUT2D eigenvalue weighted by atomic mass is 10.1. The molecule has 0 unspecified atom stereocenters. The maximum Gasteiger partial charge on any atom is 0.0661 e. The van der Waals surface area contributed by atoms with E-state index in [-0.39, 0.29) is 0 Å². The third kappa shape index (κ3) is 2.68. The minimum Gasteiger partial charge on any atom is -0.240 e. The summed E-state index contributed by atoms with van der Waals surface area (Å²) >= 11 is 17.8. The molecule has 0 saturated carbocycles. The zero-order valence-electron chi connectivity index (χ0n) is 10.2. The molecule has 0 fully saturated rings. The molecule has 0 aliphatic rings. The van der Waals surface area contributed by atoms with Gasteiger partial charge in [0.1, 0.15) is 0 Å². The van der Waals surface area contributed by atoms with E-state index in [4.69, 9.17) is 34.8 Å². The fourth-order valence-corrected chi connectivity index (χ4v) is 2.30. The van der Waals surface area contributed by atoms with Crippen molar-refractivity contribution in [3.05, 3.63) is 69.9 Å². The van der Waals surface area contributed by atoms with E-state index in [9.17, 15) is 0 Å². The molecule has 2 aromatic carbocycles. The monoisotopic (exact) mass is 322 g/mol. The van der Waals surface area contributed by atoms with Crippen LogP contribution >= 0.6 is 34.8 Å². The fraction of sp³-hybridized carbons (Fsp3) is 0. The maximum absolute atomic E-state index is 6.02. The van der Waals surface area contributed by atoms with E-state index in [1.807, 2.05) is 36.5 Å². The first-order valence-corrected chi connectivity index (χ1v) is 7.03. The van der Waals surface area contributed by atoms with E-state index in [1.165, 1.54) is 0 Å². The quantitative estimate of drug-likeness (QED) is 0.609. The van der Waals surface area contributed by atoms with E-state index in [2.05, 4.69) is 5.10 Å². The topological polar surface area (TPSA) is 17.8 Å². The lowest BCUT2D eigenvalue weighted by Crippen LogP contribution is -1.93. The number of hydrogen-bond donors (Lipinski definition) is 0. The van der Waals surface area contributed by atoms with Gasteiger partial charge in [0.15, 0.2) is 0 Å². The van der Waals surface area contributed by atoms with Gasteiger partial charge in [0.25, 0.3) is 0 Å². The van der Waals surface area contributed by atoms with E-state index >= 15 is 0 Å². The summed E-state index contributed by atoms with van der Waals surface area (Å²) in [5.41, 5.74) is 2.92. The molecule has 0 aliphatic heterocycles. The molecule has 0 spiro atoms. The van der Waals surface area contributed by atoms with Gasteiger partial charge in [-0.3, -0.25) is 0 Å². The van der Waals surface area contributed by atoms with Gasteiger partial charge in [-0.1, -0.05) is 46.9 Å². The standard InChI is InChI=1S/C15H9Cl3N2/c16-12-3-1-10(2-4-12)11-8-19-20(9-11)13-5-6-14(17)15(18)7-13/h1-9H. The highest BCUT2D eigenvalue weighted by Crippen LogP contribution is 2.26. The van der Waals surface area contributed by atoms with E-state index < -0.39 is 0 Å². The average molecular weight is 324 g/mol. The maximum atomic E-state index is 6.02. The molecule has 20 heavy (non-hydrogen) atoms. The number of halogens is 3. The Hall–Kier alpha value is -1.48. The summed E-state index contributed by atoms with van der Waals surface area (Å²) < 4.78 is 1.76. The van der Waals surface area contributed by atoms with Crippen molar-refractivity contribution >= 4 is 34.8 Å². The second-order valence-corrected chi connectivity index (χ2v) is 5.53. The molecule has 0 atom stereocenters. The summed E-state index contributed by atoms with van der Waals surface area (Å²) in [6.07, 6.45) is 3.73. The second kappa shape index (κ2) is 5.49. The molecule has 1 heterocycles. The van der Waals surface area contributed by atoms with Crippen LogP contribution in [0.2, 0.25) is 15.1 Å². The Bertz CT molecular complexity index is 748. The van der Waals surface area contributed by atoms with Crippen molar-refractivity contribution in [3.63, 3.8) is 0 Å². The largest absolute Gasteiger partial charge is 0.240 e. The summed E-state index contributed by atoms with van der Waals surface area (Å²) in [6, 6.07) is 13.0. The van der Waals surface area contributed by atoms with Gasteiger partial charge in [0.05, 0.1) is 21.9 Å². The van der Waals surface area contributed by atoms with Crippen LogP contribution in [0.15, 0.2) is 54.9 Å². The van der Waals surface area contributed by atoms with Crippen molar-refractivity contribution < 1.29 is 0 Å². The number of benzene rings is 2. The molecule has 0 saturated heterocycles. The average Bonchev–Trinajstić information content (AvgIpc) is 2.92. The van der Waals surface area contributed by atoms with Gasteiger partial charge in [-0.05, 0) is 35.9 Å². The summed E-state index contributed by atoms with van der Waals surface area (Å²) in [5.74, 6) is 0. The lowest BCUT2D eigenvalue weighted by Gasteiger charge is -2.02. The van der Waals surface area contributed by atoms with E-state index in [1.54, 1.807) is 23.0 Å². The second-order valence-electron chi connectivity index (χ2n) is 4.28. The smallest absolute Gasteiger partial charge is 0.0661 e. The van der Waals surface area contributed by atoms with Crippen molar-refractivity contribution in [2.75, 3.05) is 0 Å². The Balaban J connectivity index is 1.97. The Morgan fingerprint density at radius 1 is 0.800 bits per heavy atom. The van der Waals surface area contributed by atoms with Crippen LogP contribution < -0.4 is 0 Å². The number of rotatable bonds is 2. The molecule has 0 radical (unpaired) electrons. The highest BCUT2D eigenvalue weighted by molar-refractivity contribution is 6.42. The Kier molecular flexibility index (Phi) is 3.70. The van der Waals surface area contributed by atoms with Crippen LogP contribution in [-0.2, 0) is 0 Å². The van der Waals surface area contributed by atoms with Crippen LogP contribution in [0, 0.1) is 0 Å². The molecule has 0 bridgehead atoms. The molecule has 0 aliphatic carbocycles. The first kappa shape index (κ1) is 13.5. The third-order valence-corrected chi connectivity index (χ3v) is 3.92. The zero-order chi connectivity index (χ0) is 14.1. The van der Waals surface area contributed by atoms with Crippen LogP contribution in [0.5, 0.6) is 0 Å². The van der Waals surface area contributed by atoms with Crippen molar-refractivity contribution in [1.29, 1.82) is 0 Å². The van der Waals surface area contributed by atoms with Gasteiger partial charge < -0.3 is 0 Å². The fourth-order valence-electron chi connectivity index (χ4n) is 1.88. The number of hydrogen-bond acceptors (Lipinski definition) is 1. The van der Waals surface area contributed by atoms with Crippen molar-refractivity contribution in [2.24, 2.45) is 0 Å². The summed E-state index contributed by atoms with van der Waals surface area (Å²) in [7, 11) is 0. The SMILES string of the molecule is Clc1ccc(-c2cnn(-c3ccc(Cl)c(Cl)c3)c2)cc1. The van der Waals surface area contributed by atoms with E-state index in [0.29, 0.717) is 15.1 Å². The minimum atomic E-state index is 0.507. The van der Waals surface area contributed by atoms with Gasteiger partial charge in [-0.15, -0.1) is 0 Å². The van der Waals surface area contributed by atoms with Gasteiger partial charge in [-0.25, -0.2) is 4.68 Å². The van der Waals surface area contributed by atoms with Crippen molar-refractivity contribution in [2.45, 2.75) is 0 Å². The van der Waals surface area contributed by atoms with Crippen LogP contribution in [-0.4, -0.2) is 9.78 Å². The Morgan fingerprint density at radius 3 is 2.25 bits per heavy atom. The molecule has 2 nitrogen and oxygen atoms in total. The molecule has 5 heteroatoms. The first-order chi connectivity index (χ1) is 9.63. The Morgan fingerprint density at radius 2 is 1.55 bits per heavy atom. The van der Waals surface area contributed by atoms with Crippen LogP contribution in [0.1, 0.15) is 0 Å². The summed E-state index contributed by atoms with van der Waals surface area (Å²) in [4.78, 5) is 0. The molecular formula is C15H9Cl3N2. The third-order valence-electron chi connectivity index (χ3n) is 2.93. The van der Waals surface area contributed by atoms with Crippen molar-refractivity contribution in [1.82, 2.24) is 9.78 Å². The Labute approximate surface area is 131 Å². The number of nitrogens with zero attached hydrogens (tertiary/aromatic N) is 2. The van der Waals surface area contributed by atoms with Crippen LogP contribution in [0.3, 0.4) is 0 Å². The molecule has 0 amide bonds. The molecule has 100 valence electrons. The number of aromatic nitrogens is 2. The highest BCUT2D eigenvalue weighted by atomic mass is 35.5. The predicted octanol–water partition coefficient (Wildman–Crippen LogP) is 5.50. The molecule has 1 aromatic heterocycles. The molecule has 3 rings (SSSR count). The molecule has 3 aromatic rings. The van der Waals surface area contributed by atoms with Gasteiger partial charge in [0, 0.05) is 16.8 Å². The summed E-state index contributed by atoms with van der Waals surface area (Å²) in [6.45, 7) is 0. The normalized spacial score (nSPS) is 10.8. The summed E-state index contributed by atoms with van der Waals surface area (Å²) in [5, 5.41) is 6.09. The van der Waals surface area contributed by atoms with Gasteiger partial charge >= 0.3 is 0 Å². The highest BCUT2D eigenvalue weighted by Gasteiger charge is 2.05. The zero-order valence-corrected chi connectivity index (χ0v) is 12.5. The van der Waals surface area contributed by atoms with Crippen LogP contribution in [0.4, 0.5) is 0 Å². The van der Waals surface area contributed by atoms with Gasteiger partial charge in [-0.2, -0.15) is 5.10 Å². The van der Waals surface area contributed by atoms with E-state index in [0.717, 1.165) is 16.8 Å². The first-order valence-electron chi connectivity index (χ1n) is 5.89. The lowest BCUT2D eigenvalue weighted by molar-refractivity contribution is 0.881. The molecular weight excluding hydrogens is 315 g/mol. The minimum absolute atomic E-state index is 0.507. The predicted molar refractivity (Wildman–Crippen MR) is 84.0 cm³/mol.